The average molecular weight is 441 g/mol. The van der Waals surface area contributed by atoms with Crippen molar-refractivity contribution in [2.75, 3.05) is 12.3 Å². The number of carbonyl (C=O) groups excluding carboxylic acids is 1. The van der Waals surface area contributed by atoms with Gasteiger partial charge in [0.25, 0.3) is 5.91 Å². The van der Waals surface area contributed by atoms with Gasteiger partial charge in [0.05, 0.1) is 21.8 Å². The predicted octanol–water partition coefficient (Wildman–Crippen LogP) is 3.96. The van der Waals surface area contributed by atoms with Crippen molar-refractivity contribution in [1.82, 2.24) is 5.43 Å². The lowest BCUT2D eigenvalue weighted by Crippen LogP contribution is -2.17. The van der Waals surface area contributed by atoms with Gasteiger partial charge in [-0.05, 0) is 80.7 Å². The summed E-state index contributed by atoms with van der Waals surface area (Å²) in [5.41, 5.74) is 9.96. The molecule has 0 fully saturated rings. The fourth-order valence-electron chi connectivity index (χ4n) is 1.80. The maximum absolute atomic E-state index is 11.9. The zero-order chi connectivity index (χ0) is 16.8. The van der Waals surface area contributed by atoms with Gasteiger partial charge in [0.15, 0.2) is 0 Å². The normalized spacial score (nSPS) is 10.7. The second-order valence-corrected chi connectivity index (χ2v) is 6.28. The lowest BCUT2D eigenvalue weighted by atomic mass is 10.2. The molecule has 2 aromatic carbocycles. The smallest absolute Gasteiger partial charge is 0.271 e. The van der Waals surface area contributed by atoms with Crippen molar-refractivity contribution >= 4 is 49.7 Å². The van der Waals surface area contributed by atoms with Crippen molar-refractivity contribution in [3.8, 4) is 5.75 Å². The second-order valence-electron chi connectivity index (χ2n) is 4.57. The summed E-state index contributed by atoms with van der Waals surface area (Å²) in [7, 11) is 0. The first-order chi connectivity index (χ1) is 11.0. The highest BCUT2D eigenvalue weighted by molar-refractivity contribution is 9.11. The molecule has 0 aliphatic rings. The van der Waals surface area contributed by atoms with Crippen molar-refractivity contribution in [1.29, 1.82) is 0 Å². The van der Waals surface area contributed by atoms with Crippen LogP contribution in [0.1, 0.15) is 22.8 Å². The molecule has 2 rings (SSSR count). The van der Waals surface area contributed by atoms with Crippen molar-refractivity contribution in [3.63, 3.8) is 0 Å². The van der Waals surface area contributed by atoms with Gasteiger partial charge in [-0.3, -0.25) is 4.79 Å². The third-order valence-corrected chi connectivity index (χ3v) is 4.04. The molecular weight excluding hydrogens is 426 g/mol. The minimum atomic E-state index is -0.301. The quantitative estimate of drug-likeness (QED) is 0.419. The molecule has 0 spiro atoms. The molecule has 0 aromatic heterocycles. The molecule has 120 valence electrons. The third-order valence-electron chi connectivity index (χ3n) is 2.86. The molecule has 5 nitrogen and oxygen atoms in total. The number of rotatable bonds is 5. The number of amides is 1. The van der Waals surface area contributed by atoms with Crippen LogP contribution in [0.4, 0.5) is 5.69 Å². The van der Waals surface area contributed by atoms with E-state index in [4.69, 9.17) is 10.5 Å². The molecule has 0 saturated carbocycles. The standard InChI is InChI=1S/C16H15Br2N3O2/c1-2-23-15-13(17)7-10(8-14(15)18)9-20-21-16(22)11-3-5-12(19)6-4-11/h3-9H,2,19H2,1H3,(H,21,22)/b20-9-. The van der Waals surface area contributed by atoms with Gasteiger partial charge >= 0.3 is 0 Å². The van der Waals surface area contributed by atoms with Crippen molar-refractivity contribution < 1.29 is 9.53 Å². The molecule has 0 aliphatic carbocycles. The fraction of sp³-hybridized carbons (Fsp3) is 0.125. The van der Waals surface area contributed by atoms with Crippen LogP contribution >= 0.6 is 31.9 Å². The third kappa shape index (κ3) is 4.80. The van der Waals surface area contributed by atoms with E-state index in [1.165, 1.54) is 0 Å². The maximum atomic E-state index is 11.9. The fourth-order valence-corrected chi connectivity index (χ4v) is 3.25. The summed E-state index contributed by atoms with van der Waals surface area (Å²) in [5.74, 6) is 0.431. The molecule has 0 aliphatic heterocycles. The SMILES string of the molecule is CCOc1c(Br)cc(/C=N\NC(=O)c2ccc(N)cc2)cc1Br. The van der Waals surface area contributed by atoms with Crippen LogP contribution < -0.4 is 15.9 Å². The van der Waals surface area contributed by atoms with Gasteiger partial charge in [-0.2, -0.15) is 5.10 Å². The number of carbonyl (C=O) groups is 1. The van der Waals surface area contributed by atoms with Crippen LogP contribution in [0.2, 0.25) is 0 Å². The summed E-state index contributed by atoms with van der Waals surface area (Å²) in [6.07, 6.45) is 1.56. The van der Waals surface area contributed by atoms with Crippen molar-refractivity contribution in [3.05, 3.63) is 56.5 Å². The summed E-state index contributed by atoms with van der Waals surface area (Å²) in [5, 5.41) is 3.96. The second kappa shape index (κ2) is 8.12. The Kier molecular flexibility index (Phi) is 6.18. The van der Waals surface area contributed by atoms with Crippen molar-refractivity contribution in [2.45, 2.75) is 6.92 Å². The Morgan fingerprint density at radius 1 is 1.26 bits per heavy atom. The van der Waals surface area contributed by atoms with Crippen molar-refractivity contribution in [2.24, 2.45) is 5.10 Å². The highest BCUT2D eigenvalue weighted by atomic mass is 79.9. The number of halogens is 2. The highest BCUT2D eigenvalue weighted by Gasteiger charge is 2.08. The minimum absolute atomic E-state index is 0.301. The Balaban J connectivity index is 2.05. The molecule has 0 atom stereocenters. The van der Waals surface area contributed by atoms with E-state index in [2.05, 4.69) is 42.4 Å². The average Bonchev–Trinajstić information content (AvgIpc) is 2.51. The first-order valence-electron chi connectivity index (χ1n) is 6.82. The Labute approximate surface area is 151 Å². The van der Waals surface area contributed by atoms with Gasteiger partial charge < -0.3 is 10.5 Å². The lowest BCUT2D eigenvalue weighted by Gasteiger charge is -2.09. The van der Waals surface area contributed by atoms with Gasteiger partial charge in [-0.25, -0.2) is 5.43 Å². The number of nitrogens with zero attached hydrogens (tertiary/aromatic N) is 1. The van der Waals surface area contributed by atoms with Crippen LogP contribution in [0, 0.1) is 0 Å². The van der Waals surface area contributed by atoms with E-state index in [9.17, 15) is 4.79 Å². The molecular formula is C16H15Br2N3O2. The summed E-state index contributed by atoms with van der Waals surface area (Å²) in [4.78, 5) is 11.9. The Morgan fingerprint density at radius 3 is 2.43 bits per heavy atom. The molecule has 3 N–H and O–H groups in total. The highest BCUT2D eigenvalue weighted by Crippen LogP contribution is 2.34. The molecule has 0 heterocycles. The molecule has 0 saturated heterocycles. The van der Waals surface area contributed by atoms with E-state index >= 15 is 0 Å². The first kappa shape index (κ1) is 17.5. The van der Waals surface area contributed by atoms with Gasteiger partial charge in [0.1, 0.15) is 5.75 Å². The molecule has 0 bridgehead atoms. The number of hydrogen-bond donors (Lipinski definition) is 2. The minimum Gasteiger partial charge on any atom is -0.492 e. The van der Waals surface area contributed by atoms with Crippen LogP contribution in [0.25, 0.3) is 0 Å². The molecule has 0 radical (unpaired) electrons. The van der Waals surface area contributed by atoms with Gasteiger partial charge in [0.2, 0.25) is 0 Å². The number of hydrogen-bond acceptors (Lipinski definition) is 4. The number of hydrazone groups is 1. The number of ether oxygens (including phenoxy) is 1. The van der Waals surface area contributed by atoms with Gasteiger partial charge in [0, 0.05) is 11.3 Å². The summed E-state index contributed by atoms with van der Waals surface area (Å²) < 4.78 is 7.13. The van der Waals surface area contributed by atoms with Gasteiger partial charge in [-0.15, -0.1) is 0 Å². The van der Waals surface area contributed by atoms with Gasteiger partial charge in [-0.1, -0.05) is 0 Å². The van der Waals surface area contributed by atoms with Crippen LogP contribution in [0.15, 0.2) is 50.4 Å². The van der Waals surface area contributed by atoms with Crippen LogP contribution in [0.5, 0.6) is 5.75 Å². The van der Waals surface area contributed by atoms with Crippen LogP contribution in [-0.4, -0.2) is 18.7 Å². The first-order valence-corrected chi connectivity index (χ1v) is 8.40. The van der Waals surface area contributed by atoms with E-state index in [-0.39, 0.29) is 5.91 Å². The van der Waals surface area contributed by atoms with E-state index < -0.39 is 0 Å². The number of nitrogens with two attached hydrogens (primary N) is 1. The molecule has 1 amide bonds. The zero-order valence-electron chi connectivity index (χ0n) is 12.3. The van der Waals surface area contributed by atoms with E-state index in [1.807, 2.05) is 19.1 Å². The molecule has 7 heteroatoms. The molecule has 0 unspecified atom stereocenters. The summed E-state index contributed by atoms with van der Waals surface area (Å²) in [6.45, 7) is 2.49. The molecule has 2 aromatic rings. The maximum Gasteiger partial charge on any atom is 0.271 e. The predicted molar refractivity (Wildman–Crippen MR) is 98.9 cm³/mol. The molecule has 23 heavy (non-hydrogen) atoms. The largest absolute Gasteiger partial charge is 0.492 e. The van der Waals surface area contributed by atoms with E-state index in [0.717, 1.165) is 20.3 Å². The van der Waals surface area contributed by atoms with E-state index in [0.29, 0.717) is 17.9 Å². The summed E-state index contributed by atoms with van der Waals surface area (Å²) >= 11 is 6.89. The number of nitrogens with one attached hydrogen (secondary N) is 1. The Morgan fingerprint density at radius 2 is 1.87 bits per heavy atom. The Hall–Kier alpha value is -1.86. The van der Waals surface area contributed by atoms with Crippen LogP contribution in [-0.2, 0) is 0 Å². The van der Waals surface area contributed by atoms with E-state index in [1.54, 1.807) is 30.5 Å². The topological polar surface area (TPSA) is 76.7 Å². The monoisotopic (exact) mass is 439 g/mol. The number of anilines is 1. The number of nitrogen functional groups attached to an aromatic ring is 1. The summed E-state index contributed by atoms with van der Waals surface area (Å²) in [6, 6.07) is 10.3. The Bertz CT molecular complexity index is 708. The lowest BCUT2D eigenvalue weighted by molar-refractivity contribution is 0.0955. The zero-order valence-corrected chi connectivity index (χ0v) is 15.5. The number of benzene rings is 2. The van der Waals surface area contributed by atoms with Crippen LogP contribution in [0.3, 0.4) is 0 Å².